The summed E-state index contributed by atoms with van der Waals surface area (Å²) in [5.41, 5.74) is 0.786. The van der Waals surface area contributed by atoms with Gasteiger partial charge >= 0.3 is 5.97 Å². The summed E-state index contributed by atoms with van der Waals surface area (Å²) < 4.78 is 10.8. The van der Waals surface area contributed by atoms with Crippen LogP contribution in [0.3, 0.4) is 0 Å². The van der Waals surface area contributed by atoms with E-state index in [1.807, 2.05) is 0 Å². The SMILES string of the molecule is O=CC(Cc1cnc[nH]1)NC(O)COCCOCCNC(=O)CCCNC(=O)CCCCCCCCCCCCCCCCCCC(=O)O. The molecule has 0 saturated carbocycles. The van der Waals surface area contributed by atoms with E-state index in [0.29, 0.717) is 58.4 Å². The number of aromatic amines is 1. The number of aliphatic carboxylic acids is 1. The van der Waals surface area contributed by atoms with Gasteiger partial charge in [0.25, 0.3) is 0 Å². The van der Waals surface area contributed by atoms with Gasteiger partial charge in [0.1, 0.15) is 12.5 Å². The summed E-state index contributed by atoms with van der Waals surface area (Å²) in [6.45, 7) is 1.80. The first kappa shape index (κ1) is 44.2. The average Bonchev–Trinajstić information content (AvgIpc) is 3.60. The Hall–Kier alpha value is -2.87. The standard InChI is InChI=1S/C36H65N5O8/c42-28-32(26-31-27-37-30-40-31)41-35(45)29-49-25-24-48-23-22-39-34(44)19-17-21-38-33(43)18-15-13-11-9-7-5-3-1-2-4-6-8-10-12-14-16-20-36(46)47/h27-28,30,32,35,41,45H,1-26,29H2,(H,37,40)(H,38,43)(H,39,44)(H,46,47). The molecule has 13 heteroatoms. The number of unbranched alkanes of at least 4 members (excludes halogenated alkanes) is 15. The molecule has 1 aromatic rings. The molecule has 0 aliphatic heterocycles. The molecule has 1 rings (SSSR count). The third-order valence-electron chi connectivity index (χ3n) is 8.23. The van der Waals surface area contributed by atoms with Crippen LogP contribution in [-0.2, 0) is 35.1 Å². The Balaban J connectivity index is 1.79. The molecule has 0 aromatic carbocycles. The van der Waals surface area contributed by atoms with Gasteiger partial charge in [-0.25, -0.2) is 4.98 Å². The van der Waals surface area contributed by atoms with Crippen molar-refractivity contribution in [2.45, 2.75) is 147 Å². The van der Waals surface area contributed by atoms with E-state index in [0.717, 1.165) is 44.1 Å². The number of hydrogen-bond donors (Lipinski definition) is 6. The average molecular weight is 696 g/mol. The summed E-state index contributed by atoms with van der Waals surface area (Å²) in [4.78, 5) is 52.5. The molecule has 2 unspecified atom stereocenters. The minimum absolute atomic E-state index is 0.00900. The van der Waals surface area contributed by atoms with Crippen molar-refractivity contribution in [3.05, 3.63) is 18.2 Å². The van der Waals surface area contributed by atoms with Crippen molar-refractivity contribution < 1.29 is 38.9 Å². The number of imidazole rings is 1. The molecule has 0 saturated heterocycles. The maximum Gasteiger partial charge on any atom is 0.303 e. The minimum Gasteiger partial charge on any atom is -0.481 e. The fourth-order valence-corrected chi connectivity index (χ4v) is 5.44. The van der Waals surface area contributed by atoms with Crippen molar-refractivity contribution in [1.29, 1.82) is 0 Å². The lowest BCUT2D eigenvalue weighted by atomic mass is 10.0. The number of aliphatic hydroxyl groups is 1. The van der Waals surface area contributed by atoms with Crippen LogP contribution in [0.4, 0.5) is 0 Å². The molecule has 0 spiro atoms. The van der Waals surface area contributed by atoms with Crippen LogP contribution in [0.5, 0.6) is 0 Å². The summed E-state index contributed by atoms with van der Waals surface area (Å²) in [6.07, 6.45) is 24.1. The lowest BCUT2D eigenvalue weighted by molar-refractivity contribution is -0.137. The molecule has 0 fully saturated rings. The summed E-state index contributed by atoms with van der Waals surface area (Å²) in [7, 11) is 0. The van der Waals surface area contributed by atoms with Crippen molar-refractivity contribution >= 4 is 24.1 Å². The van der Waals surface area contributed by atoms with E-state index < -0.39 is 18.2 Å². The van der Waals surface area contributed by atoms with Gasteiger partial charge in [-0.2, -0.15) is 0 Å². The van der Waals surface area contributed by atoms with Gasteiger partial charge in [0.05, 0.1) is 38.8 Å². The number of carboxylic acid groups (broad SMARTS) is 1. The lowest BCUT2D eigenvalue weighted by Crippen LogP contribution is -2.43. The normalized spacial score (nSPS) is 12.4. The van der Waals surface area contributed by atoms with Crippen LogP contribution in [0.1, 0.15) is 134 Å². The smallest absolute Gasteiger partial charge is 0.303 e. The van der Waals surface area contributed by atoms with E-state index in [4.69, 9.17) is 14.6 Å². The molecule has 1 heterocycles. The molecular weight excluding hydrogens is 630 g/mol. The van der Waals surface area contributed by atoms with Gasteiger partial charge in [-0.15, -0.1) is 0 Å². The molecule has 1 aromatic heterocycles. The molecule has 6 N–H and O–H groups in total. The summed E-state index contributed by atoms with van der Waals surface area (Å²) in [6, 6.07) is -0.560. The molecule has 2 amide bonds. The van der Waals surface area contributed by atoms with Crippen molar-refractivity contribution in [2.75, 3.05) is 39.5 Å². The third-order valence-corrected chi connectivity index (χ3v) is 8.23. The van der Waals surface area contributed by atoms with Crippen molar-refractivity contribution in [3.63, 3.8) is 0 Å². The molecule has 0 aliphatic rings. The zero-order valence-corrected chi connectivity index (χ0v) is 29.8. The lowest BCUT2D eigenvalue weighted by Gasteiger charge is -2.17. The Morgan fingerprint density at radius 3 is 1.76 bits per heavy atom. The van der Waals surface area contributed by atoms with Crippen molar-refractivity contribution in [3.8, 4) is 0 Å². The molecule has 2 atom stereocenters. The zero-order chi connectivity index (χ0) is 35.6. The third kappa shape index (κ3) is 29.7. The van der Waals surface area contributed by atoms with Gasteiger partial charge in [-0.3, -0.25) is 19.7 Å². The van der Waals surface area contributed by atoms with Gasteiger partial charge in [-0.05, 0) is 19.3 Å². The van der Waals surface area contributed by atoms with E-state index in [1.165, 1.54) is 77.0 Å². The van der Waals surface area contributed by atoms with E-state index >= 15 is 0 Å². The topological polar surface area (TPSA) is 192 Å². The number of H-pyrrole nitrogens is 1. The van der Waals surface area contributed by atoms with Crippen LogP contribution >= 0.6 is 0 Å². The first-order valence-electron chi connectivity index (χ1n) is 18.7. The van der Waals surface area contributed by atoms with Gasteiger partial charge in [0, 0.05) is 50.7 Å². The summed E-state index contributed by atoms with van der Waals surface area (Å²) >= 11 is 0. The Kier molecular flexibility index (Phi) is 29.1. The Labute approximate surface area is 293 Å². The van der Waals surface area contributed by atoms with E-state index in [-0.39, 0.29) is 25.0 Å². The predicted octanol–water partition coefficient (Wildman–Crippen LogP) is 4.58. The van der Waals surface area contributed by atoms with Gasteiger partial charge in [0.2, 0.25) is 11.8 Å². The molecule has 282 valence electrons. The quantitative estimate of drug-likeness (QED) is 0.0329. The maximum absolute atomic E-state index is 12.1. The number of carbonyl (C=O) groups is 4. The summed E-state index contributed by atoms with van der Waals surface area (Å²) in [5, 5.41) is 27.1. The molecule has 0 aliphatic carbocycles. The fraction of sp³-hybridized carbons (Fsp3) is 0.806. The van der Waals surface area contributed by atoms with E-state index in [1.54, 1.807) is 6.20 Å². The first-order chi connectivity index (χ1) is 23.9. The molecule has 0 radical (unpaired) electrons. The number of ether oxygens (including phenoxy) is 2. The van der Waals surface area contributed by atoms with Crippen LogP contribution < -0.4 is 16.0 Å². The Morgan fingerprint density at radius 1 is 0.714 bits per heavy atom. The number of nitrogens with one attached hydrogen (secondary N) is 4. The molecular formula is C36H65N5O8. The number of amides is 2. The second-order valence-corrected chi connectivity index (χ2v) is 12.7. The highest BCUT2D eigenvalue weighted by atomic mass is 16.5. The van der Waals surface area contributed by atoms with Gasteiger partial charge < -0.3 is 40.1 Å². The molecule has 13 nitrogen and oxygen atoms in total. The Bertz CT molecular complexity index is 950. The van der Waals surface area contributed by atoms with E-state index in [2.05, 4.69) is 25.9 Å². The van der Waals surface area contributed by atoms with Crippen molar-refractivity contribution in [1.82, 2.24) is 25.9 Å². The predicted molar refractivity (Wildman–Crippen MR) is 189 cm³/mol. The number of carboxylic acids is 1. The number of rotatable bonds is 36. The molecule has 49 heavy (non-hydrogen) atoms. The highest BCUT2D eigenvalue weighted by Crippen LogP contribution is 2.14. The second-order valence-electron chi connectivity index (χ2n) is 12.7. The monoisotopic (exact) mass is 695 g/mol. The summed E-state index contributed by atoms with van der Waals surface area (Å²) in [5.74, 6) is -0.716. The second kappa shape index (κ2) is 32.3. The number of aldehydes is 1. The van der Waals surface area contributed by atoms with Crippen LogP contribution in [-0.4, -0.2) is 96.0 Å². The largest absolute Gasteiger partial charge is 0.481 e. The molecule has 0 bridgehead atoms. The maximum atomic E-state index is 12.1. The highest BCUT2D eigenvalue weighted by molar-refractivity contribution is 5.77. The fourth-order valence-electron chi connectivity index (χ4n) is 5.44. The highest BCUT2D eigenvalue weighted by Gasteiger charge is 2.14. The van der Waals surface area contributed by atoms with Crippen LogP contribution in [0, 0.1) is 0 Å². The van der Waals surface area contributed by atoms with Crippen molar-refractivity contribution in [2.24, 2.45) is 0 Å². The number of aromatic nitrogens is 2. The minimum atomic E-state index is -0.993. The van der Waals surface area contributed by atoms with Gasteiger partial charge in [0.15, 0.2) is 0 Å². The Morgan fingerprint density at radius 2 is 1.22 bits per heavy atom. The van der Waals surface area contributed by atoms with E-state index in [9.17, 15) is 24.3 Å². The van der Waals surface area contributed by atoms with Crippen LogP contribution in [0.25, 0.3) is 0 Å². The van der Waals surface area contributed by atoms with Gasteiger partial charge in [-0.1, -0.05) is 89.9 Å². The zero-order valence-electron chi connectivity index (χ0n) is 29.8. The van der Waals surface area contributed by atoms with Crippen LogP contribution in [0.15, 0.2) is 12.5 Å². The first-order valence-corrected chi connectivity index (χ1v) is 18.7. The number of aliphatic hydroxyl groups excluding tert-OH is 1. The number of hydrogen-bond acceptors (Lipinski definition) is 9. The van der Waals surface area contributed by atoms with Crippen LogP contribution in [0.2, 0.25) is 0 Å². The number of carbonyl (C=O) groups excluding carboxylic acids is 3. The number of nitrogens with zero attached hydrogens (tertiary/aromatic N) is 1.